The number of anilines is 1. The summed E-state index contributed by atoms with van der Waals surface area (Å²) in [5, 5.41) is 10.3. The lowest BCUT2D eigenvalue weighted by Crippen LogP contribution is -2.35. The number of sulfonamides is 1. The van der Waals surface area contributed by atoms with Crippen molar-refractivity contribution in [2.75, 3.05) is 10.8 Å². The van der Waals surface area contributed by atoms with Crippen LogP contribution in [0.2, 0.25) is 10.0 Å². The van der Waals surface area contributed by atoms with Gasteiger partial charge in [-0.1, -0.05) is 23.2 Å². The van der Waals surface area contributed by atoms with Crippen LogP contribution < -0.4 is 4.31 Å². The number of carboxylic acid groups (broad SMARTS) is 1. The smallest absolute Gasteiger partial charge is 0.324 e. The Hall–Kier alpha value is -2.41. The van der Waals surface area contributed by atoms with Crippen molar-refractivity contribution in [3.05, 3.63) is 74.8 Å². The number of rotatable bonds is 6. The van der Waals surface area contributed by atoms with Crippen LogP contribution in [0.1, 0.15) is 0 Å². The van der Waals surface area contributed by atoms with Gasteiger partial charge in [0, 0.05) is 27.7 Å². The maximum atomic E-state index is 13.3. The van der Waals surface area contributed by atoms with E-state index in [1.807, 2.05) is 4.57 Å². The normalized spacial score (nSPS) is 11.6. The highest BCUT2D eigenvalue weighted by molar-refractivity contribution is 14.1. The molecule has 2 aromatic heterocycles. The van der Waals surface area contributed by atoms with Gasteiger partial charge in [0.1, 0.15) is 22.4 Å². The van der Waals surface area contributed by atoms with E-state index >= 15 is 0 Å². The van der Waals surface area contributed by atoms with Gasteiger partial charge in [0.25, 0.3) is 10.0 Å². The second kappa shape index (κ2) is 8.85. The first kappa shape index (κ1) is 22.8. The molecule has 0 saturated carbocycles. The van der Waals surface area contributed by atoms with E-state index in [9.17, 15) is 18.3 Å². The molecule has 12 heteroatoms. The number of hydrogen-bond donors (Lipinski definition) is 1. The summed E-state index contributed by atoms with van der Waals surface area (Å²) in [6, 6.07) is 12.3. The summed E-state index contributed by atoms with van der Waals surface area (Å²) < 4.78 is 30.0. The molecule has 0 aliphatic heterocycles. The number of carbonyl (C=O) groups is 1. The highest BCUT2D eigenvalue weighted by atomic mass is 127. The molecule has 2 heterocycles. The Morgan fingerprint density at radius 3 is 2.44 bits per heavy atom. The molecule has 2 aromatic carbocycles. The summed E-state index contributed by atoms with van der Waals surface area (Å²) in [7, 11) is -4.26. The predicted molar refractivity (Wildman–Crippen MR) is 130 cm³/mol. The van der Waals surface area contributed by atoms with Crippen LogP contribution in [0.5, 0.6) is 0 Å². The summed E-state index contributed by atoms with van der Waals surface area (Å²) in [6.07, 6.45) is 3.24. The van der Waals surface area contributed by atoms with Gasteiger partial charge >= 0.3 is 5.97 Å². The van der Waals surface area contributed by atoms with Crippen molar-refractivity contribution in [3.63, 3.8) is 0 Å². The molecule has 4 aromatic rings. The van der Waals surface area contributed by atoms with Gasteiger partial charge in [-0.25, -0.2) is 18.4 Å². The molecule has 0 aliphatic carbocycles. The van der Waals surface area contributed by atoms with Gasteiger partial charge < -0.3 is 9.67 Å². The number of benzene rings is 2. The van der Waals surface area contributed by atoms with Crippen molar-refractivity contribution < 1.29 is 18.3 Å². The minimum Gasteiger partial charge on any atom is -0.480 e. The van der Waals surface area contributed by atoms with E-state index < -0.39 is 22.5 Å². The van der Waals surface area contributed by atoms with Crippen LogP contribution in [0.25, 0.3) is 16.7 Å². The molecule has 32 heavy (non-hydrogen) atoms. The van der Waals surface area contributed by atoms with Gasteiger partial charge in [-0.2, -0.15) is 0 Å². The maximum Gasteiger partial charge on any atom is 0.324 e. The molecule has 0 radical (unpaired) electrons. The van der Waals surface area contributed by atoms with Gasteiger partial charge in [-0.15, -0.1) is 0 Å². The van der Waals surface area contributed by atoms with E-state index in [2.05, 4.69) is 32.6 Å². The minimum atomic E-state index is -4.26. The molecule has 0 atom stereocenters. The van der Waals surface area contributed by atoms with Crippen molar-refractivity contribution in [2.45, 2.75) is 4.90 Å². The first-order valence-corrected chi connectivity index (χ1v) is 12.2. The second-order valence-corrected chi connectivity index (χ2v) is 10.5. The molecule has 0 fully saturated rings. The summed E-state index contributed by atoms with van der Waals surface area (Å²) in [5.41, 5.74) is 0.952. The fourth-order valence-corrected chi connectivity index (χ4v) is 5.72. The molecular formula is C20H13Cl2IN4O4S. The highest BCUT2D eigenvalue weighted by Gasteiger charge is 2.28. The van der Waals surface area contributed by atoms with Crippen LogP contribution in [-0.4, -0.2) is 40.6 Å². The standard InChI is InChI=1S/C20H13Cl2IN4O4S/c21-13-6-14(22)8-16(7-13)32(30,31)27(10-20(28)29)15-1-2-17-12(5-15)3-4-26(17)19-9-18(23)24-11-25-19/h1-9,11H,10H2,(H,28,29). The first-order valence-electron chi connectivity index (χ1n) is 8.95. The van der Waals surface area contributed by atoms with Crippen LogP contribution in [0.3, 0.4) is 0 Å². The number of halogens is 3. The van der Waals surface area contributed by atoms with Crippen LogP contribution >= 0.6 is 45.8 Å². The third-order valence-electron chi connectivity index (χ3n) is 4.53. The van der Waals surface area contributed by atoms with E-state index in [4.69, 9.17) is 23.2 Å². The largest absolute Gasteiger partial charge is 0.480 e. The molecule has 8 nitrogen and oxygen atoms in total. The van der Waals surface area contributed by atoms with Crippen LogP contribution in [0, 0.1) is 3.70 Å². The van der Waals surface area contributed by atoms with Crippen molar-refractivity contribution >= 4 is 78.4 Å². The minimum absolute atomic E-state index is 0.123. The SMILES string of the molecule is O=C(O)CN(c1ccc2c(ccn2-c2cc(I)ncn2)c1)S(=O)(=O)c1cc(Cl)cc(Cl)c1. The Balaban J connectivity index is 1.82. The fourth-order valence-electron chi connectivity index (χ4n) is 3.18. The lowest BCUT2D eigenvalue weighted by Gasteiger charge is -2.23. The number of hydrogen-bond acceptors (Lipinski definition) is 5. The van der Waals surface area contributed by atoms with Gasteiger partial charge in [0.2, 0.25) is 0 Å². The molecular weight excluding hydrogens is 590 g/mol. The maximum absolute atomic E-state index is 13.3. The van der Waals surface area contributed by atoms with Gasteiger partial charge in [0.15, 0.2) is 0 Å². The molecule has 1 N–H and O–H groups in total. The predicted octanol–water partition coefficient (Wildman–Crippen LogP) is 4.61. The van der Waals surface area contributed by atoms with E-state index in [1.165, 1.54) is 30.6 Å². The lowest BCUT2D eigenvalue weighted by atomic mass is 10.2. The average Bonchev–Trinajstić information content (AvgIpc) is 3.14. The second-order valence-electron chi connectivity index (χ2n) is 6.64. The summed E-state index contributed by atoms with van der Waals surface area (Å²) in [5.74, 6) is -0.661. The van der Waals surface area contributed by atoms with E-state index in [0.29, 0.717) is 11.2 Å². The van der Waals surface area contributed by atoms with Crippen molar-refractivity contribution in [3.8, 4) is 5.82 Å². The van der Waals surface area contributed by atoms with Gasteiger partial charge in [0.05, 0.1) is 16.1 Å². The highest BCUT2D eigenvalue weighted by Crippen LogP contribution is 2.31. The number of fused-ring (bicyclic) bond motifs is 1. The first-order chi connectivity index (χ1) is 15.1. The van der Waals surface area contributed by atoms with Gasteiger partial charge in [-0.05, 0) is 65.1 Å². The third-order valence-corrected chi connectivity index (χ3v) is 7.31. The molecule has 0 aliphatic rings. The summed E-state index contributed by atoms with van der Waals surface area (Å²) in [6.45, 7) is -0.775. The molecule has 164 valence electrons. The Labute approximate surface area is 206 Å². The fraction of sp³-hybridized carbons (Fsp3) is 0.0500. The average molecular weight is 603 g/mol. The summed E-state index contributed by atoms with van der Waals surface area (Å²) >= 11 is 14.0. The Morgan fingerprint density at radius 1 is 1.06 bits per heavy atom. The van der Waals surface area contributed by atoms with Crippen molar-refractivity contribution in [1.82, 2.24) is 14.5 Å². The Kier molecular flexibility index (Phi) is 6.30. The molecule has 0 saturated heterocycles. The van der Waals surface area contributed by atoms with Crippen LogP contribution in [-0.2, 0) is 14.8 Å². The van der Waals surface area contributed by atoms with Crippen molar-refractivity contribution in [2.24, 2.45) is 0 Å². The lowest BCUT2D eigenvalue weighted by molar-refractivity contribution is -0.135. The Bertz CT molecular complexity index is 1440. The van der Waals surface area contributed by atoms with E-state index in [-0.39, 0.29) is 20.6 Å². The number of aromatic nitrogens is 3. The third kappa shape index (κ3) is 4.53. The van der Waals surface area contributed by atoms with E-state index in [0.717, 1.165) is 13.5 Å². The van der Waals surface area contributed by atoms with Gasteiger partial charge in [-0.3, -0.25) is 9.10 Å². The zero-order chi connectivity index (χ0) is 23.0. The zero-order valence-electron chi connectivity index (χ0n) is 16.0. The van der Waals surface area contributed by atoms with Crippen LogP contribution in [0.15, 0.2) is 66.0 Å². The molecule has 0 unspecified atom stereocenters. The topological polar surface area (TPSA) is 105 Å². The van der Waals surface area contributed by atoms with E-state index in [1.54, 1.807) is 30.5 Å². The monoisotopic (exact) mass is 602 g/mol. The zero-order valence-corrected chi connectivity index (χ0v) is 20.5. The Morgan fingerprint density at radius 2 is 1.78 bits per heavy atom. The molecule has 0 amide bonds. The number of nitrogens with zero attached hydrogens (tertiary/aromatic N) is 4. The quantitative estimate of drug-likeness (QED) is 0.255. The van der Waals surface area contributed by atoms with Crippen molar-refractivity contribution in [1.29, 1.82) is 0 Å². The molecule has 0 bridgehead atoms. The number of carboxylic acids is 1. The number of aliphatic carboxylic acids is 1. The molecule has 0 spiro atoms. The molecule has 4 rings (SSSR count). The summed E-state index contributed by atoms with van der Waals surface area (Å²) in [4.78, 5) is 19.6. The van der Waals surface area contributed by atoms with Crippen LogP contribution in [0.4, 0.5) is 5.69 Å².